The van der Waals surface area contributed by atoms with Crippen LogP contribution < -0.4 is 0 Å². The maximum Gasteiger partial charge on any atom is 0.303 e. The summed E-state index contributed by atoms with van der Waals surface area (Å²) in [5.74, 6) is -0.865. The molecular formula is C10H16N2O3. The monoisotopic (exact) mass is 212 g/mol. The van der Waals surface area contributed by atoms with Crippen LogP contribution in [0.15, 0.2) is 0 Å². The third kappa shape index (κ3) is 7.50. The predicted octanol–water partition coefficient (Wildman–Crippen LogP) is 1.00. The fourth-order valence-corrected chi connectivity index (χ4v) is 1.09. The summed E-state index contributed by atoms with van der Waals surface area (Å²) in [6.45, 7) is 0.439. The zero-order chi connectivity index (χ0) is 11.7. The van der Waals surface area contributed by atoms with Gasteiger partial charge >= 0.3 is 5.97 Å². The summed E-state index contributed by atoms with van der Waals surface area (Å²) >= 11 is 0. The van der Waals surface area contributed by atoms with Gasteiger partial charge in [-0.2, -0.15) is 5.26 Å². The number of hydrogen-bond acceptors (Lipinski definition) is 3. The van der Waals surface area contributed by atoms with Crippen LogP contribution in [-0.2, 0) is 9.59 Å². The average molecular weight is 212 g/mol. The van der Waals surface area contributed by atoms with E-state index in [2.05, 4.69) is 0 Å². The molecule has 0 bridgehead atoms. The van der Waals surface area contributed by atoms with Crippen LogP contribution in [0.2, 0.25) is 0 Å². The van der Waals surface area contributed by atoms with E-state index in [9.17, 15) is 9.59 Å². The van der Waals surface area contributed by atoms with Gasteiger partial charge in [0.1, 0.15) is 0 Å². The van der Waals surface area contributed by atoms with Crippen molar-refractivity contribution in [3.63, 3.8) is 0 Å². The summed E-state index contributed by atoms with van der Waals surface area (Å²) in [6, 6.07) is 1.96. The Morgan fingerprint density at radius 3 is 2.47 bits per heavy atom. The van der Waals surface area contributed by atoms with Gasteiger partial charge in [-0.3, -0.25) is 9.59 Å². The number of carbonyl (C=O) groups is 2. The highest BCUT2D eigenvalue weighted by atomic mass is 16.4. The van der Waals surface area contributed by atoms with Crippen LogP contribution in [0.1, 0.15) is 32.1 Å². The Kier molecular flexibility index (Phi) is 6.98. The van der Waals surface area contributed by atoms with Gasteiger partial charge in [0, 0.05) is 26.4 Å². The smallest absolute Gasteiger partial charge is 0.303 e. The van der Waals surface area contributed by atoms with Crippen molar-refractivity contribution >= 4 is 11.9 Å². The fourth-order valence-electron chi connectivity index (χ4n) is 1.09. The first kappa shape index (κ1) is 13.4. The summed E-state index contributed by atoms with van der Waals surface area (Å²) in [6.07, 6.45) is 1.90. The van der Waals surface area contributed by atoms with Crippen molar-refractivity contribution in [3.05, 3.63) is 0 Å². The number of amides is 1. The Morgan fingerprint density at radius 2 is 1.93 bits per heavy atom. The first-order valence-corrected chi connectivity index (χ1v) is 4.90. The van der Waals surface area contributed by atoms with Crippen molar-refractivity contribution in [1.29, 1.82) is 5.26 Å². The Balaban J connectivity index is 3.56. The first-order valence-electron chi connectivity index (χ1n) is 4.90. The van der Waals surface area contributed by atoms with Crippen LogP contribution in [0.4, 0.5) is 0 Å². The van der Waals surface area contributed by atoms with Crippen molar-refractivity contribution in [2.75, 3.05) is 13.6 Å². The lowest BCUT2D eigenvalue weighted by Crippen LogP contribution is -2.27. The lowest BCUT2D eigenvalue weighted by Gasteiger charge is -2.14. The molecule has 0 saturated heterocycles. The maximum atomic E-state index is 11.4. The van der Waals surface area contributed by atoms with E-state index in [0.29, 0.717) is 32.2 Å². The molecule has 0 heterocycles. The van der Waals surface area contributed by atoms with Gasteiger partial charge in [0.05, 0.1) is 12.5 Å². The normalized spacial score (nSPS) is 9.33. The van der Waals surface area contributed by atoms with Crippen LogP contribution in [0, 0.1) is 11.3 Å². The Bertz CT molecular complexity index is 258. The third-order valence-corrected chi connectivity index (χ3v) is 2.02. The summed E-state index contributed by atoms with van der Waals surface area (Å²) in [5.41, 5.74) is 0. The van der Waals surface area contributed by atoms with Gasteiger partial charge in [0.25, 0.3) is 0 Å². The minimum absolute atomic E-state index is 0.0318. The van der Waals surface area contributed by atoms with Crippen molar-refractivity contribution in [1.82, 2.24) is 4.90 Å². The Hall–Kier alpha value is -1.57. The standard InChI is InChI=1S/C10H16N2O3/c1-12(8-4-7-11)9(13)5-2-3-6-10(14)15/h2-6,8H2,1H3,(H,14,15). The van der Waals surface area contributed by atoms with Crippen LogP contribution in [-0.4, -0.2) is 35.5 Å². The molecule has 5 nitrogen and oxygen atoms in total. The molecule has 0 aliphatic carbocycles. The Morgan fingerprint density at radius 1 is 1.33 bits per heavy atom. The molecule has 84 valence electrons. The SMILES string of the molecule is CN(CCC#N)C(=O)CCCCC(=O)O. The number of carboxylic acid groups (broad SMARTS) is 1. The fraction of sp³-hybridized carbons (Fsp3) is 0.700. The minimum atomic E-state index is -0.833. The third-order valence-electron chi connectivity index (χ3n) is 2.02. The second-order valence-corrected chi connectivity index (χ2v) is 3.32. The maximum absolute atomic E-state index is 11.4. The van der Waals surface area contributed by atoms with Crippen molar-refractivity contribution in [2.45, 2.75) is 32.1 Å². The minimum Gasteiger partial charge on any atom is -0.481 e. The average Bonchev–Trinajstić information content (AvgIpc) is 2.20. The number of rotatable bonds is 7. The van der Waals surface area contributed by atoms with Gasteiger partial charge in [-0.15, -0.1) is 0 Å². The lowest BCUT2D eigenvalue weighted by molar-refractivity contribution is -0.137. The molecule has 1 N–H and O–H groups in total. The highest BCUT2D eigenvalue weighted by Crippen LogP contribution is 2.02. The second kappa shape index (κ2) is 7.80. The van der Waals surface area contributed by atoms with Gasteiger partial charge < -0.3 is 10.0 Å². The van der Waals surface area contributed by atoms with E-state index in [1.54, 1.807) is 7.05 Å². The van der Waals surface area contributed by atoms with E-state index in [-0.39, 0.29) is 12.3 Å². The lowest BCUT2D eigenvalue weighted by atomic mass is 10.2. The zero-order valence-electron chi connectivity index (χ0n) is 8.90. The van der Waals surface area contributed by atoms with E-state index in [1.807, 2.05) is 6.07 Å². The number of carbonyl (C=O) groups excluding carboxylic acids is 1. The highest BCUT2D eigenvalue weighted by molar-refractivity contribution is 5.75. The topological polar surface area (TPSA) is 81.4 Å². The largest absolute Gasteiger partial charge is 0.481 e. The van der Waals surface area contributed by atoms with Gasteiger partial charge in [0.15, 0.2) is 0 Å². The quantitative estimate of drug-likeness (QED) is 0.638. The summed E-state index contributed by atoms with van der Waals surface area (Å²) in [5, 5.41) is 16.7. The number of unbranched alkanes of at least 4 members (excludes halogenated alkanes) is 1. The van der Waals surface area contributed by atoms with E-state index >= 15 is 0 Å². The molecule has 0 saturated carbocycles. The van der Waals surface area contributed by atoms with Gasteiger partial charge in [-0.25, -0.2) is 0 Å². The van der Waals surface area contributed by atoms with Gasteiger partial charge in [-0.05, 0) is 12.8 Å². The number of aliphatic carboxylic acids is 1. The number of carboxylic acids is 1. The molecule has 15 heavy (non-hydrogen) atoms. The molecule has 0 aromatic rings. The van der Waals surface area contributed by atoms with E-state index < -0.39 is 5.97 Å². The van der Waals surface area contributed by atoms with E-state index in [1.165, 1.54) is 4.90 Å². The highest BCUT2D eigenvalue weighted by Gasteiger charge is 2.07. The molecular weight excluding hydrogens is 196 g/mol. The number of hydrogen-bond donors (Lipinski definition) is 1. The molecule has 0 aromatic heterocycles. The van der Waals surface area contributed by atoms with Crippen LogP contribution in [0.25, 0.3) is 0 Å². The second-order valence-electron chi connectivity index (χ2n) is 3.32. The Labute approximate surface area is 89.3 Å². The molecule has 0 fully saturated rings. The predicted molar refractivity (Wildman–Crippen MR) is 54.0 cm³/mol. The van der Waals surface area contributed by atoms with Crippen molar-refractivity contribution in [3.8, 4) is 6.07 Å². The zero-order valence-corrected chi connectivity index (χ0v) is 8.90. The van der Waals surface area contributed by atoms with Crippen LogP contribution in [0.3, 0.4) is 0 Å². The van der Waals surface area contributed by atoms with Crippen LogP contribution >= 0.6 is 0 Å². The van der Waals surface area contributed by atoms with E-state index in [4.69, 9.17) is 10.4 Å². The summed E-state index contributed by atoms with van der Waals surface area (Å²) in [7, 11) is 1.65. The van der Waals surface area contributed by atoms with Gasteiger partial charge in [0.2, 0.25) is 5.91 Å². The van der Waals surface area contributed by atoms with Gasteiger partial charge in [-0.1, -0.05) is 0 Å². The van der Waals surface area contributed by atoms with E-state index in [0.717, 1.165) is 0 Å². The molecule has 0 rings (SSSR count). The summed E-state index contributed by atoms with van der Waals surface area (Å²) < 4.78 is 0. The molecule has 0 atom stereocenters. The number of nitrogens with zero attached hydrogens (tertiary/aromatic N) is 2. The molecule has 0 aromatic carbocycles. The first-order chi connectivity index (χ1) is 7.07. The molecule has 1 amide bonds. The van der Waals surface area contributed by atoms with Crippen molar-refractivity contribution in [2.24, 2.45) is 0 Å². The molecule has 0 radical (unpaired) electrons. The molecule has 0 aliphatic rings. The number of nitriles is 1. The molecule has 0 unspecified atom stereocenters. The molecule has 0 aliphatic heterocycles. The molecule has 0 spiro atoms. The summed E-state index contributed by atoms with van der Waals surface area (Å²) in [4.78, 5) is 23.1. The van der Waals surface area contributed by atoms with Crippen LogP contribution in [0.5, 0.6) is 0 Å². The van der Waals surface area contributed by atoms with Crippen molar-refractivity contribution < 1.29 is 14.7 Å². The molecule has 5 heteroatoms.